The van der Waals surface area contributed by atoms with Crippen molar-refractivity contribution in [3.8, 4) is 5.75 Å². The molecule has 1 aliphatic heterocycles. The van der Waals surface area contributed by atoms with Crippen molar-refractivity contribution in [2.24, 2.45) is 0 Å². The van der Waals surface area contributed by atoms with Gasteiger partial charge in [0.25, 0.3) is 11.5 Å². The van der Waals surface area contributed by atoms with Gasteiger partial charge in [-0.2, -0.15) is 0 Å². The van der Waals surface area contributed by atoms with Gasteiger partial charge >= 0.3 is 11.9 Å². The standard InChI is InChI=1S/C26H23N3O8S/c1-5-37-25(33)23-14(3)27-26(38-23)28-20(15-7-6-8-17(12-15)29(34)35)19(22(31)24(28)32)21(30)16-9-10-18(36-4)13(2)11-16/h6-12,20,30H,5H2,1-4H3/b21-19+/t20-/m0/s1. The summed E-state index contributed by atoms with van der Waals surface area (Å²) in [6, 6.07) is 8.91. The zero-order valence-electron chi connectivity index (χ0n) is 20.9. The molecule has 38 heavy (non-hydrogen) atoms. The van der Waals surface area contributed by atoms with Crippen LogP contribution in [0.5, 0.6) is 5.75 Å². The Bertz CT molecular complexity index is 1510. The number of hydrogen-bond acceptors (Lipinski definition) is 10. The molecule has 0 radical (unpaired) electrons. The minimum Gasteiger partial charge on any atom is -0.507 e. The van der Waals surface area contributed by atoms with Gasteiger partial charge in [-0.15, -0.1) is 0 Å². The molecule has 1 N–H and O–H groups in total. The summed E-state index contributed by atoms with van der Waals surface area (Å²) in [5.41, 5.74) is 0.873. The molecule has 1 atom stereocenters. The number of methoxy groups -OCH3 is 1. The number of nitro benzene ring substituents is 1. The minimum atomic E-state index is -1.25. The molecule has 12 heteroatoms. The van der Waals surface area contributed by atoms with Crippen LogP contribution >= 0.6 is 11.3 Å². The number of thiazole rings is 1. The van der Waals surface area contributed by atoms with E-state index in [2.05, 4.69) is 4.98 Å². The lowest BCUT2D eigenvalue weighted by Gasteiger charge is -2.23. The first-order valence-corrected chi connectivity index (χ1v) is 12.3. The van der Waals surface area contributed by atoms with Gasteiger partial charge in [0.1, 0.15) is 16.4 Å². The highest BCUT2D eigenvalue weighted by molar-refractivity contribution is 7.17. The first-order chi connectivity index (χ1) is 18.1. The molecular formula is C26H23N3O8S. The van der Waals surface area contributed by atoms with Crippen molar-refractivity contribution in [1.29, 1.82) is 0 Å². The number of amides is 1. The Morgan fingerprint density at radius 2 is 1.95 bits per heavy atom. The molecule has 11 nitrogen and oxygen atoms in total. The molecule has 1 aromatic heterocycles. The van der Waals surface area contributed by atoms with E-state index in [0.29, 0.717) is 11.3 Å². The number of nitro groups is 1. The van der Waals surface area contributed by atoms with Gasteiger partial charge in [0, 0.05) is 17.7 Å². The maximum atomic E-state index is 13.4. The Hall–Kier alpha value is -4.58. The van der Waals surface area contributed by atoms with Crippen molar-refractivity contribution < 1.29 is 33.9 Å². The van der Waals surface area contributed by atoms with Gasteiger partial charge in [0.15, 0.2) is 5.13 Å². The molecule has 0 unspecified atom stereocenters. The molecule has 2 heterocycles. The van der Waals surface area contributed by atoms with Crippen LogP contribution in [0.3, 0.4) is 0 Å². The fourth-order valence-corrected chi connectivity index (χ4v) is 5.19. The van der Waals surface area contributed by atoms with E-state index in [0.717, 1.165) is 16.2 Å². The summed E-state index contributed by atoms with van der Waals surface area (Å²) in [4.78, 5) is 55.5. The lowest BCUT2D eigenvalue weighted by atomic mass is 9.94. The van der Waals surface area contributed by atoms with E-state index in [-0.39, 0.29) is 44.7 Å². The normalized spacial score (nSPS) is 16.5. The zero-order chi connectivity index (χ0) is 27.7. The lowest BCUT2D eigenvalue weighted by Crippen LogP contribution is -2.29. The second-order valence-corrected chi connectivity index (χ2v) is 9.31. The van der Waals surface area contributed by atoms with Crippen LogP contribution in [0, 0.1) is 24.0 Å². The molecular weight excluding hydrogens is 514 g/mol. The Labute approximate surface area is 221 Å². The number of rotatable bonds is 7. The van der Waals surface area contributed by atoms with E-state index in [1.165, 1.54) is 37.4 Å². The number of nitrogens with zero attached hydrogens (tertiary/aromatic N) is 3. The summed E-state index contributed by atoms with van der Waals surface area (Å²) < 4.78 is 10.3. The number of aliphatic hydroxyl groups is 1. The van der Waals surface area contributed by atoms with Gasteiger partial charge in [-0.3, -0.25) is 24.6 Å². The van der Waals surface area contributed by atoms with Crippen LogP contribution in [0.1, 0.15) is 45.0 Å². The predicted molar refractivity (Wildman–Crippen MR) is 138 cm³/mol. The number of ketones is 1. The molecule has 0 bridgehead atoms. The monoisotopic (exact) mass is 537 g/mol. The van der Waals surface area contributed by atoms with Gasteiger partial charge in [-0.05, 0) is 50.1 Å². The molecule has 1 aliphatic rings. The number of aliphatic hydroxyl groups excluding tert-OH is 1. The SMILES string of the molecule is CCOC(=O)c1sc(N2C(=O)C(=O)/C(=C(/O)c3ccc(OC)c(C)c3)[C@@H]2c2cccc([N+](=O)[O-])c2)nc1C. The Morgan fingerprint density at radius 1 is 1.21 bits per heavy atom. The molecule has 2 aromatic carbocycles. The fourth-order valence-electron chi connectivity index (χ4n) is 4.21. The van der Waals surface area contributed by atoms with Crippen LogP contribution in [0.15, 0.2) is 48.0 Å². The van der Waals surface area contributed by atoms with Crippen LogP contribution in [0.4, 0.5) is 10.8 Å². The van der Waals surface area contributed by atoms with Gasteiger partial charge in [0.2, 0.25) is 0 Å². The predicted octanol–water partition coefficient (Wildman–Crippen LogP) is 4.48. The van der Waals surface area contributed by atoms with Gasteiger partial charge in [-0.25, -0.2) is 9.78 Å². The molecule has 0 saturated carbocycles. The third-order valence-electron chi connectivity index (χ3n) is 5.96. The maximum Gasteiger partial charge on any atom is 0.350 e. The Morgan fingerprint density at radius 3 is 2.58 bits per heavy atom. The number of Topliss-reactive ketones (excluding diaryl/α,β-unsaturated/α-hetero) is 1. The van der Waals surface area contributed by atoms with E-state index >= 15 is 0 Å². The third kappa shape index (κ3) is 4.61. The van der Waals surface area contributed by atoms with Crippen molar-refractivity contribution in [1.82, 2.24) is 4.98 Å². The number of non-ortho nitro benzene ring substituents is 1. The summed E-state index contributed by atoms with van der Waals surface area (Å²) in [5, 5.41) is 22.8. The first kappa shape index (κ1) is 26.5. The molecule has 3 aromatic rings. The fraction of sp³-hybridized carbons (Fsp3) is 0.231. The number of esters is 1. The first-order valence-electron chi connectivity index (χ1n) is 11.4. The van der Waals surface area contributed by atoms with Crippen molar-refractivity contribution in [3.63, 3.8) is 0 Å². The van der Waals surface area contributed by atoms with E-state index in [4.69, 9.17) is 9.47 Å². The van der Waals surface area contributed by atoms with Crippen molar-refractivity contribution in [3.05, 3.63) is 85.4 Å². The van der Waals surface area contributed by atoms with E-state index in [1.54, 1.807) is 32.9 Å². The van der Waals surface area contributed by atoms with E-state index < -0.39 is 34.4 Å². The minimum absolute atomic E-state index is 0.00845. The number of benzene rings is 2. The van der Waals surface area contributed by atoms with Crippen LogP contribution in [0.25, 0.3) is 5.76 Å². The lowest BCUT2D eigenvalue weighted by molar-refractivity contribution is -0.384. The van der Waals surface area contributed by atoms with Crippen molar-refractivity contribution in [2.75, 3.05) is 18.6 Å². The second-order valence-electron chi connectivity index (χ2n) is 8.34. The molecule has 1 saturated heterocycles. The smallest absolute Gasteiger partial charge is 0.350 e. The quantitative estimate of drug-likeness (QED) is 0.115. The number of anilines is 1. The summed E-state index contributed by atoms with van der Waals surface area (Å²) in [6.07, 6.45) is 0. The molecule has 1 fully saturated rings. The van der Waals surface area contributed by atoms with Gasteiger partial charge < -0.3 is 14.6 Å². The van der Waals surface area contributed by atoms with Crippen molar-refractivity contribution >= 4 is 45.6 Å². The number of aryl methyl sites for hydroxylation is 2. The largest absolute Gasteiger partial charge is 0.507 e. The van der Waals surface area contributed by atoms with E-state index in [1.807, 2.05) is 0 Å². The summed E-state index contributed by atoms with van der Waals surface area (Å²) >= 11 is 0.849. The average Bonchev–Trinajstić information content (AvgIpc) is 3.40. The summed E-state index contributed by atoms with van der Waals surface area (Å²) in [7, 11) is 1.50. The average molecular weight is 538 g/mol. The van der Waals surface area contributed by atoms with Crippen molar-refractivity contribution in [2.45, 2.75) is 26.8 Å². The molecule has 1 amide bonds. The summed E-state index contributed by atoms with van der Waals surface area (Å²) in [6.45, 7) is 5.09. The number of carbonyl (C=O) groups is 3. The molecule has 196 valence electrons. The van der Waals surface area contributed by atoms with Crippen LogP contribution in [-0.4, -0.2) is 46.4 Å². The topological polar surface area (TPSA) is 149 Å². The van der Waals surface area contributed by atoms with Gasteiger partial charge in [-0.1, -0.05) is 23.5 Å². The molecule has 0 spiro atoms. The Kier molecular flexibility index (Phi) is 7.26. The van der Waals surface area contributed by atoms with Crippen LogP contribution in [0.2, 0.25) is 0 Å². The zero-order valence-corrected chi connectivity index (χ0v) is 21.7. The highest BCUT2D eigenvalue weighted by Gasteiger charge is 2.48. The van der Waals surface area contributed by atoms with Crippen LogP contribution in [-0.2, 0) is 14.3 Å². The Balaban J connectivity index is 1.95. The number of aromatic nitrogens is 1. The second kappa shape index (κ2) is 10.4. The number of ether oxygens (including phenoxy) is 2. The van der Waals surface area contributed by atoms with Gasteiger partial charge in [0.05, 0.1) is 35.9 Å². The van der Waals surface area contributed by atoms with E-state index in [9.17, 15) is 29.6 Å². The highest BCUT2D eigenvalue weighted by atomic mass is 32.1. The maximum absolute atomic E-state index is 13.4. The number of hydrogen-bond donors (Lipinski definition) is 1. The third-order valence-corrected chi connectivity index (χ3v) is 7.10. The van der Waals surface area contributed by atoms with Crippen LogP contribution < -0.4 is 9.64 Å². The molecule has 4 rings (SSSR count). The highest BCUT2D eigenvalue weighted by Crippen LogP contribution is 2.44. The summed E-state index contributed by atoms with van der Waals surface area (Å²) in [5.74, 6) is -2.55. The number of carbonyl (C=O) groups excluding carboxylic acids is 3. The molecule has 0 aliphatic carbocycles.